The van der Waals surface area contributed by atoms with Crippen molar-refractivity contribution in [1.82, 2.24) is 15.5 Å². The van der Waals surface area contributed by atoms with Crippen LogP contribution in [-0.2, 0) is 9.59 Å². The number of likely N-dealkylation sites (tertiary alicyclic amines) is 1. The fraction of sp³-hybridized carbons (Fsp3) is 0.471. The number of amides is 3. The first-order chi connectivity index (χ1) is 11.6. The van der Waals surface area contributed by atoms with Crippen LogP contribution in [0.1, 0.15) is 36.0 Å². The Bertz CT molecular complexity index is 583. The lowest BCUT2D eigenvalue weighted by Crippen LogP contribution is -2.38. The molecule has 1 aliphatic heterocycles. The Morgan fingerprint density at radius 3 is 2.38 bits per heavy atom. The topological polar surface area (TPSA) is 78.5 Å². The first-order valence-electron chi connectivity index (χ1n) is 8.14. The van der Waals surface area contributed by atoms with E-state index in [4.69, 9.17) is 11.6 Å². The maximum Gasteiger partial charge on any atom is 0.251 e. The average molecular weight is 352 g/mol. The zero-order chi connectivity index (χ0) is 17.4. The number of benzene rings is 1. The minimum atomic E-state index is -0.198. The van der Waals surface area contributed by atoms with Gasteiger partial charge in [0.25, 0.3) is 5.91 Å². The standard InChI is InChI=1S/C17H22ClN3O3/c18-14-7-5-13(6-8-14)17(24)19-9-3-4-15(22)20-12-16(23)21-10-1-2-11-21/h5-8H,1-4,9-12H2,(H,19,24)(H,20,22). The van der Waals surface area contributed by atoms with Crippen molar-refractivity contribution in [2.24, 2.45) is 0 Å². The van der Waals surface area contributed by atoms with Gasteiger partial charge in [0.05, 0.1) is 6.54 Å². The lowest BCUT2D eigenvalue weighted by Gasteiger charge is -2.15. The summed E-state index contributed by atoms with van der Waals surface area (Å²) in [4.78, 5) is 37.1. The number of hydrogen-bond donors (Lipinski definition) is 2. The number of nitrogens with one attached hydrogen (secondary N) is 2. The van der Waals surface area contributed by atoms with E-state index in [0.29, 0.717) is 23.6 Å². The summed E-state index contributed by atoms with van der Waals surface area (Å²) < 4.78 is 0. The maximum absolute atomic E-state index is 11.9. The quantitative estimate of drug-likeness (QED) is 0.732. The monoisotopic (exact) mass is 351 g/mol. The van der Waals surface area contributed by atoms with Crippen LogP contribution in [0, 0.1) is 0 Å². The molecular weight excluding hydrogens is 330 g/mol. The maximum atomic E-state index is 11.9. The van der Waals surface area contributed by atoms with Crippen molar-refractivity contribution in [3.8, 4) is 0 Å². The van der Waals surface area contributed by atoms with Crippen molar-refractivity contribution in [2.75, 3.05) is 26.2 Å². The van der Waals surface area contributed by atoms with Gasteiger partial charge in [-0.2, -0.15) is 0 Å². The molecule has 1 aromatic carbocycles. The molecule has 0 unspecified atom stereocenters. The average Bonchev–Trinajstić information content (AvgIpc) is 3.11. The Kier molecular flexibility index (Phi) is 7.06. The van der Waals surface area contributed by atoms with E-state index in [1.165, 1.54) is 0 Å². The van der Waals surface area contributed by atoms with Crippen LogP contribution in [0.25, 0.3) is 0 Å². The summed E-state index contributed by atoms with van der Waals surface area (Å²) in [5.74, 6) is -0.406. The summed E-state index contributed by atoms with van der Waals surface area (Å²) in [6, 6.07) is 6.60. The molecule has 3 amide bonds. The van der Waals surface area contributed by atoms with Gasteiger partial charge in [-0.3, -0.25) is 14.4 Å². The third-order valence-corrected chi connectivity index (χ3v) is 4.12. The van der Waals surface area contributed by atoms with Crippen LogP contribution in [0.2, 0.25) is 5.02 Å². The van der Waals surface area contributed by atoms with E-state index in [9.17, 15) is 14.4 Å². The smallest absolute Gasteiger partial charge is 0.251 e. The first kappa shape index (κ1) is 18.3. The summed E-state index contributed by atoms with van der Waals surface area (Å²) >= 11 is 5.77. The Balaban J connectivity index is 1.58. The van der Waals surface area contributed by atoms with Gasteiger partial charge < -0.3 is 15.5 Å². The fourth-order valence-electron chi connectivity index (χ4n) is 2.50. The van der Waals surface area contributed by atoms with Gasteiger partial charge >= 0.3 is 0 Å². The van der Waals surface area contributed by atoms with E-state index in [-0.39, 0.29) is 30.7 Å². The molecule has 0 aliphatic carbocycles. The molecule has 0 atom stereocenters. The molecule has 24 heavy (non-hydrogen) atoms. The summed E-state index contributed by atoms with van der Waals surface area (Å²) in [6.07, 6.45) is 2.86. The van der Waals surface area contributed by atoms with Crippen LogP contribution in [0.4, 0.5) is 0 Å². The van der Waals surface area contributed by atoms with Crippen LogP contribution in [-0.4, -0.2) is 48.8 Å². The lowest BCUT2D eigenvalue weighted by molar-refractivity contribution is -0.132. The summed E-state index contributed by atoms with van der Waals surface area (Å²) in [5, 5.41) is 5.95. The Morgan fingerprint density at radius 1 is 1.04 bits per heavy atom. The van der Waals surface area contributed by atoms with E-state index < -0.39 is 0 Å². The van der Waals surface area contributed by atoms with Gasteiger partial charge in [0, 0.05) is 36.6 Å². The molecule has 130 valence electrons. The molecule has 1 fully saturated rings. The van der Waals surface area contributed by atoms with Gasteiger partial charge in [-0.15, -0.1) is 0 Å². The van der Waals surface area contributed by atoms with E-state index in [2.05, 4.69) is 10.6 Å². The van der Waals surface area contributed by atoms with Gasteiger partial charge in [0.15, 0.2) is 0 Å². The Labute approximate surface area is 146 Å². The molecule has 1 aromatic rings. The summed E-state index contributed by atoms with van der Waals surface area (Å²) in [6.45, 7) is 2.02. The minimum Gasteiger partial charge on any atom is -0.352 e. The van der Waals surface area contributed by atoms with Gasteiger partial charge in [-0.05, 0) is 43.5 Å². The minimum absolute atomic E-state index is 0.0307. The molecular formula is C17H22ClN3O3. The highest BCUT2D eigenvalue weighted by atomic mass is 35.5. The molecule has 2 N–H and O–H groups in total. The largest absolute Gasteiger partial charge is 0.352 e. The van der Waals surface area contributed by atoms with Gasteiger partial charge in [-0.1, -0.05) is 11.6 Å². The van der Waals surface area contributed by atoms with Crippen molar-refractivity contribution in [2.45, 2.75) is 25.7 Å². The van der Waals surface area contributed by atoms with Crippen LogP contribution in [0.3, 0.4) is 0 Å². The summed E-state index contributed by atoms with van der Waals surface area (Å²) in [5.41, 5.74) is 0.528. The second-order valence-corrected chi connectivity index (χ2v) is 6.17. The predicted octanol–water partition coefficient (Wildman–Crippen LogP) is 1.59. The van der Waals surface area contributed by atoms with Crippen molar-refractivity contribution < 1.29 is 14.4 Å². The highest BCUT2D eigenvalue weighted by Gasteiger charge is 2.17. The van der Waals surface area contributed by atoms with E-state index >= 15 is 0 Å². The Morgan fingerprint density at radius 2 is 1.71 bits per heavy atom. The molecule has 0 aromatic heterocycles. The third kappa shape index (κ3) is 5.85. The molecule has 1 heterocycles. The fourth-order valence-corrected chi connectivity index (χ4v) is 2.62. The predicted molar refractivity (Wildman–Crippen MR) is 91.8 cm³/mol. The van der Waals surface area contributed by atoms with Crippen molar-refractivity contribution >= 4 is 29.3 Å². The molecule has 0 bridgehead atoms. The van der Waals surface area contributed by atoms with Crippen molar-refractivity contribution in [1.29, 1.82) is 0 Å². The molecule has 7 heteroatoms. The molecule has 2 rings (SSSR count). The molecule has 0 spiro atoms. The first-order valence-corrected chi connectivity index (χ1v) is 8.52. The number of carbonyl (C=O) groups is 3. The SMILES string of the molecule is O=C(CCCNC(=O)c1ccc(Cl)cc1)NCC(=O)N1CCCC1. The van der Waals surface area contributed by atoms with Crippen LogP contribution >= 0.6 is 11.6 Å². The Hall–Kier alpha value is -2.08. The molecule has 6 nitrogen and oxygen atoms in total. The van der Waals surface area contributed by atoms with Crippen molar-refractivity contribution in [3.05, 3.63) is 34.9 Å². The number of halogens is 1. The van der Waals surface area contributed by atoms with E-state index in [0.717, 1.165) is 25.9 Å². The molecule has 0 radical (unpaired) electrons. The molecule has 1 saturated heterocycles. The highest BCUT2D eigenvalue weighted by molar-refractivity contribution is 6.30. The van der Waals surface area contributed by atoms with E-state index in [1.807, 2.05) is 0 Å². The van der Waals surface area contributed by atoms with Gasteiger partial charge in [0.1, 0.15) is 0 Å². The zero-order valence-corrected chi connectivity index (χ0v) is 14.3. The van der Waals surface area contributed by atoms with Crippen LogP contribution in [0.15, 0.2) is 24.3 Å². The van der Waals surface area contributed by atoms with E-state index in [1.54, 1.807) is 29.2 Å². The third-order valence-electron chi connectivity index (χ3n) is 3.87. The van der Waals surface area contributed by atoms with Crippen molar-refractivity contribution in [3.63, 3.8) is 0 Å². The van der Waals surface area contributed by atoms with Gasteiger partial charge in [-0.25, -0.2) is 0 Å². The zero-order valence-electron chi connectivity index (χ0n) is 13.5. The highest BCUT2D eigenvalue weighted by Crippen LogP contribution is 2.09. The second kappa shape index (κ2) is 9.27. The second-order valence-electron chi connectivity index (χ2n) is 5.73. The molecule has 1 aliphatic rings. The number of rotatable bonds is 7. The number of nitrogens with zero attached hydrogens (tertiary/aromatic N) is 1. The lowest BCUT2D eigenvalue weighted by atomic mass is 10.2. The normalized spacial score (nSPS) is 13.6. The number of carbonyl (C=O) groups excluding carboxylic acids is 3. The van der Waals surface area contributed by atoms with Crippen LogP contribution < -0.4 is 10.6 Å². The summed E-state index contributed by atoms with van der Waals surface area (Å²) in [7, 11) is 0. The number of hydrogen-bond acceptors (Lipinski definition) is 3. The van der Waals surface area contributed by atoms with Crippen LogP contribution in [0.5, 0.6) is 0 Å². The molecule has 0 saturated carbocycles. The van der Waals surface area contributed by atoms with Gasteiger partial charge in [0.2, 0.25) is 11.8 Å².